The van der Waals surface area contributed by atoms with E-state index in [9.17, 15) is 9.59 Å². The van der Waals surface area contributed by atoms with Crippen LogP contribution in [-0.2, 0) is 11.3 Å². The molecule has 1 N–H and O–H groups in total. The molecule has 0 aliphatic carbocycles. The molecule has 4 rings (SSSR count). The normalized spacial score (nSPS) is 20.0. The summed E-state index contributed by atoms with van der Waals surface area (Å²) in [4.78, 5) is 30.1. The number of anilines is 1. The Hall–Kier alpha value is -3.22. The molecule has 1 fully saturated rings. The number of carbonyl (C=O) groups excluding carboxylic acids is 2. The van der Waals surface area contributed by atoms with E-state index in [-0.39, 0.29) is 24.0 Å². The maximum atomic E-state index is 13.5. The third kappa shape index (κ3) is 5.24. The van der Waals surface area contributed by atoms with E-state index in [1.165, 1.54) is 0 Å². The number of carbonyl (C=O) groups is 2. The number of para-hydroxylation sites is 1. The van der Waals surface area contributed by atoms with Crippen molar-refractivity contribution in [3.05, 3.63) is 53.6 Å². The number of hydrogen-bond donors (Lipinski definition) is 1. The summed E-state index contributed by atoms with van der Waals surface area (Å²) in [6.07, 6.45) is 1.50. The lowest BCUT2D eigenvalue weighted by atomic mass is 9.97. The van der Waals surface area contributed by atoms with Crippen molar-refractivity contribution in [2.45, 2.75) is 46.3 Å². The fraction of sp³-hybridized carbons (Fsp3) is 0.462. The van der Waals surface area contributed by atoms with Crippen LogP contribution in [0.5, 0.6) is 11.5 Å². The SMILES string of the molecule is CCOc1ccccc1CNC(=O)C1CCCN(C(=O)N2CC(C)Oc3ccc(C)cc32)C1. The summed E-state index contributed by atoms with van der Waals surface area (Å²) in [7, 11) is 0. The van der Waals surface area contributed by atoms with Gasteiger partial charge in [-0.3, -0.25) is 9.69 Å². The molecule has 0 radical (unpaired) electrons. The van der Waals surface area contributed by atoms with E-state index in [0.29, 0.717) is 32.8 Å². The molecule has 7 heteroatoms. The van der Waals surface area contributed by atoms with Crippen LogP contribution in [0, 0.1) is 12.8 Å². The number of piperidine rings is 1. The highest BCUT2D eigenvalue weighted by Gasteiger charge is 2.34. The van der Waals surface area contributed by atoms with Crippen molar-refractivity contribution >= 4 is 17.6 Å². The number of benzene rings is 2. The first-order valence-corrected chi connectivity index (χ1v) is 11.8. The number of likely N-dealkylation sites (tertiary alicyclic amines) is 1. The highest BCUT2D eigenvalue weighted by molar-refractivity contribution is 5.95. The van der Waals surface area contributed by atoms with E-state index in [0.717, 1.165) is 41.2 Å². The average Bonchev–Trinajstić information content (AvgIpc) is 2.83. The number of ether oxygens (including phenoxy) is 2. The van der Waals surface area contributed by atoms with E-state index in [2.05, 4.69) is 5.32 Å². The van der Waals surface area contributed by atoms with E-state index in [1.807, 2.05) is 68.1 Å². The molecule has 2 heterocycles. The molecule has 2 aliphatic rings. The lowest BCUT2D eigenvalue weighted by Crippen LogP contribution is -2.53. The quantitative estimate of drug-likeness (QED) is 0.742. The zero-order chi connectivity index (χ0) is 23.4. The smallest absolute Gasteiger partial charge is 0.324 e. The molecule has 2 aromatic rings. The minimum Gasteiger partial charge on any atom is -0.494 e. The van der Waals surface area contributed by atoms with Gasteiger partial charge in [-0.05, 0) is 57.4 Å². The van der Waals surface area contributed by atoms with Crippen molar-refractivity contribution in [2.75, 3.05) is 31.1 Å². The van der Waals surface area contributed by atoms with E-state index < -0.39 is 0 Å². The second kappa shape index (κ2) is 10.1. The van der Waals surface area contributed by atoms with Crippen LogP contribution in [0.25, 0.3) is 0 Å². The number of aryl methyl sites for hydroxylation is 1. The number of amides is 3. The number of rotatable bonds is 5. The Balaban J connectivity index is 1.41. The topological polar surface area (TPSA) is 71.1 Å². The van der Waals surface area contributed by atoms with Gasteiger partial charge >= 0.3 is 6.03 Å². The number of nitrogens with one attached hydrogen (secondary N) is 1. The molecule has 2 unspecified atom stereocenters. The Morgan fingerprint density at radius 1 is 1.18 bits per heavy atom. The predicted molar refractivity (Wildman–Crippen MR) is 128 cm³/mol. The molecular formula is C26H33N3O4. The summed E-state index contributed by atoms with van der Waals surface area (Å²) in [5.41, 5.74) is 2.83. The first kappa shape index (κ1) is 23.0. The molecule has 0 saturated carbocycles. The van der Waals surface area contributed by atoms with Gasteiger partial charge in [-0.1, -0.05) is 24.3 Å². The van der Waals surface area contributed by atoms with Gasteiger partial charge in [-0.2, -0.15) is 0 Å². The Bertz CT molecular complexity index is 1010. The summed E-state index contributed by atoms with van der Waals surface area (Å²) in [6.45, 7) is 8.48. The molecule has 0 bridgehead atoms. The van der Waals surface area contributed by atoms with Gasteiger partial charge in [0.05, 0.1) is 24.8 Å². The highest BCUT2D eigenvalue weighted by atomic mass is 16.5. The zero-order valence-electron chi connectivity index (χ0n) is 19.7. The molecule has 176 valence electrons. The molecule has 0 spiro atoms. The summed E-state index contributed by atoms with van der Waals surface area (Å²) in [5.74, 6) is 1.27. The molecule has 1 saturated heterocycles. The Morgan fingerprint density at radius 3 is 2.82 bits per heavy atom. The van der Waals surface area contributed by atoms with Crippen molar-refractivity contribution in [3.63, 3.8) is 0 Å². The van der Waals surface area contributed by atoms with Crippen LogP contribution in [0.2, 0.25) is 0 Å². The number of nitrogens with zero attached hydrogens (tertiary/aromatic N) is 2. The number of hydrogen-bond acceptors (Lipinski definition) is 4. The van der Waals surface area contributed by atoms with Gasteiger partial charge in [-0.15, -0.1) is 0 Å². The summed E-state index contributed by atoms with van der Waals surface area (Å²) in [6, 6.07) is 13.6. The minimum atomic E-state index is -0.225. The van der Waals surface area contributed by atoms with E-state index in [4.69, 9.17) is 9.47 Å². The van der Waals surface area contributed by atoms with Crippen LogP contribution in [0.4, 0.5) is 10.5 Å². The molecular weight excluding hydrogens is 418 g/mol. The first-order valence-electron chi connectivity index (χ1n) is 11.8. The average molecular weight is 452 g/mol. The Morgan fingerprint density at radius 2 is 2.00 bits per heavy atom. The van der Waals surface area contributed by atoms with Gasteiger partial charge in [0.2, 0.25) is 5.91 Å². The Labute approximate surface area is 195 Å². The lowest BCUT2D eigenvalue weighted by Gasteiger charge is -2.39. The fourth-order valence-electron chi connectivity index (χ4n) is 4.54. The largest absolute Gasteiger partial charge is 0.494 e. The molecule has 3 amide bonds. The van der Waals surface area contributed by atoms with Gasteiger partial charge < -0.3 is 19.7 Å². The summed E-state index contributed by atoms with van der Waals surface area (Å²) >= 11 is 0. The fourth-order valence-corrected chi connectivity index (χ4v) is 4.54. The molecule has 7 nitrogen and oxygen atoms in total. The van der Waals surface area contributed by atoms with Gasteiger partial charge in [0.15, 0.2) is 0 Å². The maximum Gasteiger partial charge on any atom is 0.324 e. The monoisotopic (exact) mass is 451 g/mol. The summed E-state index contributed by atoms with van der Waals surface area (Å²) < 4.78 is 11.6. The first-order chi connectivity index (χ1) is 16.0. The molecule has 2 aliphatic heterocycles. The van der Waals surface area contributed by atoms with Crippen molar-refractivity contribution in [2.24, 2.45) is 5.92 Å². The van der Waals surface area contributed by atoms with Crippen LogP contribution >= 0.6 is 0 Å². The Kier molecular flexibility index (Phi) is 7.06. The molecule has 2 aromatic carbocycles. The molecule has 2 atom stereocenters. The number of fused-ring (bicyclic) bond motifs is 1. The van der Waals surface area contributed by atoms with Crippen LogP contribution in [0.15, 0.2) is 42.5 Å². The van der Waals surface area contributed by atoms with Crippen LogP contribution < -0.4 is 19.7 Å². The molecule has 0 aromatic heterocycles. The predicted octanol–water partition coefficient (Wildman–Crippen LogP) is 4.13. The minimum absolute atomic E-state index is 0.0228. The van der Waals surface area contributed by atoms with Crippen LogP contribution in [0.3, 0.4) is 0 Å². The van der Waals surface area contributed by atoms with Crippen molar-refractivity contribution in [3.8, 4) is 11.5 Å². The van der Waals surface area contributed by atoms with Crippen molar-refractivity contribution in [1.82, 2.24) is 10.2 Å². The van der Waals surface area contributed by atoms with E-state index >= 15 is 0 Å². The third-order valence-corrected chi connectivity index (χ3v) is 6.19. The van der Waals surface area contributed by atoms with Crippen LogP contribution in [-0.4, -0.2) is 49.2 Å². The van der Waals surface area contributed by atoms with E-state index in [1.54, 1.807) is 4.90 Å². The van der Waals surface area contributed by atoms with Gasteiger partial charge in [0.25, 0.3) is 0 Å². The second-order valence-electron chi connectivity index (χ2n) is 8.84. The maximum absolute atomic E-state index is 13.5. The van der Waals surface area contributed by atoms with Crippen molar-refractivity contribution in [1.29, 1.82) is 0 Å². The standard InChI is InChI=1S/C26H33N3O4/c1-4-32-23-10-6-5-8-20(23)15-27-25(30)21-9-7-13-28(17-21)26(31)29-16-19(3)33-24-12-11-18(2)14-22(24)29/h5-6,8,10-12,14,19,21H,4,7,9,13,15-17H2,1-3H3,(H,27,30). The van der Waals surface area contributed by atoms with Gasteiger partial charge in [0, 0.05) is 25.2 Å². The number of urea groups is 1. The van der Waals surface area contributed by atoms with Crippen molar-refractivity contribution < 1.29 is 19.1 Å². The summed E-state index contributed by atoms with van der Waals surface area (Å²) in [5, 5.41) is 3.05. The van der Waals surface area contributed by atoms with Gasteiger partial charge in [-0.25, -0.2) is 4.79 Å². The lowest BCUT2D eigenvalue weighted by molar-refractivity contribution is -0.126. The van der Waals surface area contributed by atoms with Crippen LogP contribution in [0.1, 0.15) is 37.8 Å². The highest BCUT2D eigenvalue weighted by Crippen LogP contribution is 2.35. The third-order valence-electron chi connectivity index (χ3n) is 6.19. The zero-order valence-corrected chi connectivity index (χ0v) is 19.7. The van der Waals surface area contributed by atoms with Gasteiger partial charge in [0.1, 0.15) is 17.6 Å². The second-order valence-corrected chi connectivity index (χ2v) is 8.84. The molecule has 33 heavy (non-hydrogen) atoms.